The van der Waals surface area contributed by atoms with E-state index >= 15 is 0 Å². The number of guanidine groups is 1. The molecule has 1 heterocycles. The molecule has 1 aromatic carbocycles. The highest BCUT2D eigenvalue weighted by atomic mass is 32.1. The molecule has 4 nitrogen and oxygen atoms in total. The van der Waals surface area contributed by atoms with Crippen LogP contribution in [0.5, 0.6) is 0 Å². The normalized spacial score (nSPS) is 13.2. The Morgan fingerprint density at radius 3 is 2.65 bits per heavy atom. The number of hydrogen-bond acceptors (Lipinski definition) is 3. The van der Waals surface area contributed by atoms with Crippen LogP contribution >= 0.6 is 11.3 Å². The fourth-order valence-electron chi connectivity index (χ4n) is 2.03. The van der Waals surface area contributed by atoms with E-state index in [1.54, 1.807) is 11.3 Å². The molecule has 0 amide bonds. The van der Waals surface area contributed by atoms with E-state index in [0.29, 0.717) is 12.5 Å². The molecule has 0 spiro atoms. The van der Waals surface area contributed by atoms with Crippen LogP contribution < -0.4 is 11.1 Å². The number of anilines is 1. The molecule has 0 aliphatic carbocycles. The maximum absolute atomic E-state index is 5.93. The standard InChI is InChI=1S/C15H20N4S/c1-10-6-11(2)8-13(7-10)19-15(16)18-9-12(3)14-17-4-5-20-14/h4-8,12H,9H2,1-3H3,(H3,16,18,19). The van der Waals surface area contributed by atoms with Crippen molar-refractivity contribution in [1.29, 1.82) is 0 Å². The van der Waals surface area contributed by atoms with E-state index < -0.39 is 0 Å². The first-order chi connectivity index (χ1) is 9.54. The molecular weight excluding hydrogens is 268 g/mol. The van der Waals surface area contributed by atoms with Crippen LogP contribution in [0.1, 0.15) is 29.0 Å². The van der Waals surface area contributed by atoms with Crippen molar-refractivity contribution in [3.63, 3.8) is 0 Å². The van der Waals surface area contributed by atoms with Crippen LogP contribution in [-0.2, 0) is 0 Å². The van der Waals surface area contributed by atoms with Gasteiger partial charge >= 0.3 is 0 Å². The minimum Gasteiger partial charge on any atom is -0.370 e. The maximum Gasteiger partial charge on any atom is 0.193 e. The Balaban J connectivity index is 1.97. The largest absolute Gasteiger partial charge is 0.370 e. The van der Waals surface area contributed by atoms with Crippen LogP contribution in [0.15, 0.2) is 34.8 Å². The van der Waals surface area contributed by atoms with Crippen LogP contribution in [0.2, 0.25) is 0 Å². The van der Waals surface area contributed by atoms with Gasteiger partial charge in [-0.15, -0.1) is 11.3 Å². The molecule has 20 heavy (non-hydrogen) atoms. The minimum atomic E-state index is 0.287. The van der Waals surface area contributed by atoms with Crippen molar-refractivity contribution in [2.75, 3.05) is 11.9 Å². The van der Waals surface area contributed by atoms with Gasteiger partial charge in [-0.2, -0.15) is 0 Å². The Morgan fingerprint density at radius 2 is 2.05 bits per heavy atom. The Labute approximate surface area is 123 Å². The number of hydrogen-bond donors (Lipinski definition) is 2. The SMILES string of the molecule is Cc1cc(C)cc(NC(N)=NCC(C)c2nccs2)c1. The molecule has 2 aromatic rings. The summed E-state index contributed by atoms with van der Waals surface area (Å²) in [6.07, 6.45) is 1.82. The number of nitrogens with two attached hydrogens (primary N) is 1. The van der Waals surface area contributed by atoms with Crippen LogP contribution in [0, 0.1) is 13.8 Å². The van der Waals surface area contributed by atoms with E-state index in [4.69, 9.17) is 5.73 Å². The maximum atomic E-state index is 5.93. The van der Waals surface area contributed by atoms with Crippen molar-refractivity contribution >= 4 is 23.0 Å². The predicted molar refractivity (Wildman–Crippen MR) is 86.6 cm³/mol. The second-order valence-electron chi connectivity index (χ2n) is 5.00. The third-order valence-electron chi connectivity index (χ3n) is 2.90. The van der Waals surface area contributed by atoms with Crippen molar-refractivity contribution in [3.8, 4) is 0 Å². The van der Waals surface area contributed by atoms with Gasteiger partial charge < -0.3 is 11.1 Å². The van der Waals surface area contributed by atoms with Crippen LogP contribution in [0.25, 0.3) is 0 Å². The molecule has 1 unspecified atom stereocenters. The highest BCUT2D eigenvalue weighted by molar-refractivity contribution is 7.09. The lowest BCUT2D eigenvalue weighted by molar-refractivity contribution is 0.766. The number of nitrogens with one attached hydrogen (secondary N) is 1. The molecule has 106 valence electrons. The molecule has 2 rings (SSSR count). The average molecular weight is 288 g/mol. The summed E-state index contributed by atoms with van der Waals surface area (Å²) in [4.78, 5) is 8.67. The second-order valence-corrected chi connectivity index (χ2v) is 5.92. The molecule has 0 aliphatic rings. The lowest BCUT2D eigenvalue weighted by atomic mass is 10.1. The summed E-state index contributed by atoms with van der Waals surface area (Å²) in [5.41, 5.74) is 9.32. The van der Waals surface area contributed by atoms with Crippen molar-refractivity contribution in [3.05, 3.63) is 45.9 Å². The molecular formula is C15H20N4S. The van der Waals surface area contributed by atoms with Gasteiger partial charge in [-0.25, -0.2) is 4.98 Å². The Kier molecular flexibility index (Phi) is 4.74. The zero-order valence-corrected chi connectivity index (χ0v) is 12.9. The van der Waals surface area contributed by atoms with Gasteiger partial charge in [-0.3, -0.25) is 4.99 Å². The van der Waals surface area contributed by atoms with E-state index in [-0.39, 0.29) is 5.92 Å². The van der Waals surface area contributed by atoms with Gasteiger partial charge in [0, 0.05) is 23.2 Å². The first kappa shape index (κ1) is 14.5. The first-order valence-corrected chi connectivity index (χ1v) is 7.47. The summed E-state index contributed by atoms with van der Waals surface area (Å²) in [6.45, 7) is 6.87. The molecule has 0 saturated carbocycles. The van der Waals surface area contributed by atoms with Crippen molar-refractivity contribution < 1.29 is 0 Å². The smallest absolute Gasteiger partial charge is 0.193 e. The number of aryl methyl sites for hydroxylation is 2. The van der Waals surface area contributed by atoms with Crippen LogP contribution in [0.4, 0.5) is 5.69 Å². The Morgan fingerprint density at radius 1 is 1.35 bits per heavy atom. The van der Waals surface area contributed by atoms with Crippen molar-refractivity contribution in [1.82, 2.24) is 4.98 Å². The van der Waals surface area contributed by atoms with Gasteiger partial charge in [-0.05, 0) is 37.1 Å². The molecule has 1 atom stereocenters. The Bertz CT molecular complexity index is 570. The number of aromatic nitrogens is 1. The fraction of sp³-hybridized carbons (Fsp3) is 0.333. The van der Waals surface area contributed by atoms with Gasteiger partial charge in [0.2, 0.25) is 0 Å². The van der Waals surface area contributed by atoms with E-state index in [2.05, 4.69) is 54.3 Å². The second kappa shape index (κ2) is 6.52. The van der Waals surface area contributed by atoms with E-state index in [9.17, 15) is 0 Å². The topological polar surface area (TPSA) is 63.3 Å². The fourth-order valence-corrected chi connectivity index (χ4v) is 2.72. The summed E-state index contributed by atoms with van der Waals surface area (Å²) in [6, 6.07) is 6.24. The summed E-state index contributed by atoms with van der Waals surface area (Å²) in [5.74, 6) is 0.730. The number of thiazole rings is 1. The quantitative estimate of drug-likeness (QED) is 0.670. The number of nitrogens with zero attached hydrogens (tertiary/aromatic N) is 2. The molecule has 0 saturated heterocycles. The summed E-state index contributed by atoms with van der Waals surface area (Å²) in [7, 11) is 0. The molecule has 0 aliphatic heterocycles. The van der Waals surface area contributed by atoms with E-state index in [0.717, 1.165) is 10.7 Å². The summed E-state index contributed by atoms with van der Waals surface area (Å²) in [5, 5.41) is 6.20. The van der Waals surface area contributed by atoms with Crippen molar-refractivity contribution in [2.24, 2.45) is 10.7 Å². The van der Waals surface area contributed by atoms with Gasteiger partial charge in [0.25, 0.3) is 0 Å². The molecule has 0 fully saturated rings. The van der Waals surface area contributed by atoms with Gasteiger partial charge in [0.05, 0.1) is 11.6 Å². The minimum absolute atomic E-state index is 0.287. The molecule has 1 aromatic heterocycles. The molecule has 3 N–H and O–H groups in total. The van der Waals surface area contributed by atoms with Gasteiger partial charge in [-0.1, -0.05) is 13.0 Å². The third kappa shape index (κ3) is 4.06. The molecule has 5 heteroatoms. The van der Waals surface area contributed by atoms with Gasteiger partial charge in [0.1, 0.15) is 0 Å². The summed E-state index contributed by atoms with van der Waals surface area (Å²) >= 11 is 1.65. The lowest BCUT2D eigenvalue weighted by Gasteiger charge is -2.09. The first-order valence-electron chi connectivity index (χ1n) is 6.59. The van der Waals surface area contributed by atoms with Crippen LogP contribution in [0.3, 0.4) is 0 Å². The zero-order chi connectivity index (χ0) is 14.5. The number of benzene rings is 1. The number of rotatable bonds is 4. The number of aliphatic imine (C=N–C) groups is 1. The Hall–Kier alpha value is -1.88. The third-order valence-corrected chi connectivity index (χ3v) is 3.91. The average Bonchev–Trinajstić information content (AvgIpc) is 2.88. The predicted octanol–water partition coefficient (Wildman–Crippen LogP) is 3.29. The van der Waals surface area contributed by atoms with E-state index in [1.807, 2.05) is 11.6 Å². The van der Waals surface area contributed by atoms with E-state index in [1.165, 1.54) is 11.1 Å². The molecule has 0 bridgehead atoms. The summed E-state index contributed by atoms with van der Waals surface area (Å²) < 4.78 is 0. The monoisotopic (exact) mass is 288 g/mol. The molecule has 0 radical (unpaired) electrons. The zero-order valence-electron chi connectivity index (χ0n) is 12.1. The highest BCUT2D eigenvalue weighted by Crippen LogP contribution is 2.18. The van der Waals surface area contributed by atoms with Crippen molar-refractivity contribution in [2.45, 2.75) is 26.7 Å². The highest BCUT2D eigenvalue weighted by Gasteiger charge is 2.07. The van der Waals surface area contributed by atoms with Crippen LogP contribution in [-0.4, -0.2) is 17.5 Å². The van der Waals surface area contributed by atoms with Gasteiger partial charge in [0.15, 0.2) is 5.96 Å². The lowest BCUT2D eigenvalue weighted by Crippen LogP contribution is -2.23.